The van der Waals surface area contributed by atoms with Crippen molar-refractivity contribution >= 4 is 0 Å². The second-order valence-corrected chi connectivity index (χ2v) is 6.48. The van der Waals surface area contributed by atoms with E-state index in [1.54, 1.807) is 11.1 Å². The highest BCUT2D eigenvalue weighted by Crippen LogP contribution is 2.49. The Kier molecular flexibility index (Phi) is 4.49. The van der Waals surface area contributed by atoms with Crippen molar-refractivity contribution in [2.75, 3.05) is 32.9 Å². The minimum Gasteiger partial charge on any atom is -0.376 e. The molecule has 0 spiro atoms. The number of hydrogen-bond donors (Lipinski definition) is 0. The fourth-order valence-corrected chi connectivity index (χ4v) is 4.08. The molecule has 0 aromatic rings. The smallest absolute Gasteiger partial charge is 0.145 e. The molecule has 0 bridgehead atoms. The predicted molar refractivity (Wildman–Crippen MR) is 80.6 cm³/mol. The summed E-state index contributed by atoms with van der Waals surface area (Å²) in [5.41, 5.74) is 3.43. The fraction of sp³-hybridized carbons (Fsp3) is 0.882. The summed E-state index contributed by atoms with van der Waals surface area (Å²) in [7, 11) is 0. The molecule has 3 heteroatoms. The lowest BCUT2D eigenvalue weighted by Crippen LogP contribution is -2.53. The summed E-state index contributed by atoms with van der Waals surface area (Å²) < 4.78 is 11.8. The number of allylic oxidation sites excluding steroid dienone is 2. The molecular formula is C17H29NO2. The lowest BCUT2D eigenvalue weighted by atomic mass is 10.0. The maximum Gasteiger partial charge on any atom is 0.145 e. The van der Waals surface area contributed by atoms with Gasteiger partial charge in [0.15, 0.2) is 0 Å². The molecule has 0 N–H and O–H groups in total. The highest BCUT2D eigenvalue weighted by atomic mass is 16.6. The van der Waals surface area contributed by atoms with E-state index < -0.39 is 0 Å². The molecule has 3 rings (SSSR count). The van der Waals surface area contributed by atoms with Gasteiger partial charge in [0.25, 0.3) is 0 Å². The Morgan fingerprint density at radius 1 is 1.10 bits per heavy atom. The molecule has 0 aromatic heterocycles. The number of morpholine rings is 1. The molecule has 3 nitrogen and oxygen atoms in total. The lowest BCUT2D eigenvalue weighted by Gasteiger charge is -2.40. The third-order valence-electron chi connectivity index (χ3n) is 5.19. The Hall–Kier alpha value is -0.380. The third kappa shape index (κ3) is 2.68. The van der Waals surface area contributed by atoms with Crippen molar-refractivity contribution in [2.24, 2.45) is 5.92 Å². The lowest BCUT2D eigenvalue weighted by molar-refractivity contribution is -0.169. The first-order valence-corrected chi connectivity index (χ1v) is 8.49. The Bertz CT molecular complexity index is 379. The second kappa shape index (κ2) is 6.17. The van der Waals surface area contributed by atoms with E-state index in [9.17, 15) is 0 Å². The molecule has 1 unspecified atom stereocenters. The van der Waals surface area contributed by atoms with E-state index in [0.717, 1.165) is 45.2 Å². The summed E-state index contributed by atoms with van der Waals surface area (Å²) in [4.78, 5) is 2.51. The number of fused-ring (bicyclic) bond motifs is 1. The number of ether oxygens (including phenoxy) is 2. The first-order valence-electron chi connectivity index (χ1n) is 8.49. The van der Waals surface area contributed by atoms with Gasteiger partial charge in [0.2, 0.25) is 0 Å². The van der Waals surface area contributed by atoms with Crippen LogP contribution in [-0.4, -0.2) is 43.5 Å². The molecule has 2 atom stereocenters. The second-order valence-electron chi connectivity index (χ2n) is 6.48. The molecule has 2 saturated heterocycles. The van der Waals surface area contributed by atoms with Gasteiger partial charge in [-0.2, -0.15) is 0 Å². The first-order chi connectivity index (χ1) is 9.80. The molecule has 2 aliphatic heterocycles. The van der Waals surface area contributed by atoms with E-state index in [1.807, 2.05) is 0 Å². The van der Waals surface area contributed by atoms with Crippen LogP contribution in [0.25, 0.3) is 0 Å². The topological polar surface area (TPSA) is 21.7 Å². The molecule has 0 radical (unpaired) electrons. The maximum absolute atomic E-state index is 6.09. The Labute approximate surface area is 123 Å². The van der Waals surface area contributed by atoms with Gasteiger partial charge in [-0.05, 0) is 25.7 Å². The Balaban J connectivity index is 1.58. The highest BCUT2D eigenvalue weighted by Gasteiger charge is 2.45. The standard InChI is InChI=1S/C17H29NO2/c1-3-5-14-15(6-4-2)16(14)7-8-17-13-19-11-9-18(17)10-12-20-17/h14H,3-13H2,1-2H3/t14-,17?/m1/s1. The van der Waals surface area contributed by atoms with Gasteiger partial charge in [-0.3, -0.25) is 4.90 Å². The van der Waals surface area contributed by atoms with Gasteiger partial charge in [-0.25, -0.2) is 0 Å². The SMILES string of the molecule is CCCC1=C(CCC23COCCN2CCO3)[C@@H]1CCC. The van der Waals surface area contributed by atoms with E-state index in [4.69, 9.17) is 9.47 Å². The van der Waals surface area contributed by atoms with Gasteiger partial charge in [0, 0.05) is 19.0 Å². The number of hydrogen-bond acceptors (Lipinski definition) is 3. The first kappa shape index (κ1) is 14.6. The Morgan fingerprint density at radius 2 is 1.90 bits per heavy atom. The zero-order valence-electron chi connectivity index (χ0n) is 13.1. The molecule has 1 aliphatic carbocycles. The van der Waals surface area contributed by atoms with E-state index >= 15 is 0 Å². The van der Waals surface area contributed by atoms with Gasteiger partial charge in [-0.1, -0.05) is 37.8 Å². The van der Waals surface area contributed by atoms with E-state index in [-0.39, 0.29) is 5.72 Å². The van der Waals surface area contributed by atoms with Crippen LogP contribution in [0.5, 0.6) is 0 Å². The van der Waals surface area contributed by atoms with Crippen molar-refractivity contribution in [3.63, 3.8) is 0 Å². The van der Waals surface area contributed by atoms with Crippen LogP contribution >= 0.6 is 0 Å². The van der Waals surface area contributed by atoms with E-state index in [0.29, 0.717) is 0 Å². The van der Waals surface area contributed by atoms with Crippen LogP contribution in [0.1, 0.15) is 52.4 Å². The van der Waals surface area contributed by atoms with E-state index in [2.05, 4.69) is 18.7 Å². The van der Waals surface area contributed by atoms with Crippen LogP contribution in [0.2, 0.25) is 0 Å². The summed E-state index contributed by atoms with van der Waals surface area (Å²) >= 11 is 0. The monoisotopic (exact) mass is 279 g/mol. The summed E-state index contributed by atoms with van der Waals surface area (Å²) in [5, 5.41) is 0. The van der Waals surface area contributed by atoms with E-state index in [1.165, 1.54) is 32.1 Å². The van der Waals surface area contributed by atoms with Crippen molar-refractivity contribution in [3.8, 4) is 0 Å². The molecule has 20 heavy (non-hydrogen) atoms. The third-order valence-corrected chi connectivity index (χ3v) is 5.19. The summed E-state index contributed by atoms with van der Waals surface area (Å²) in [6, 6.07) is 0. The highest BCUT2D eigenvalue weighted by molar-refractivity contribution is 5.41. The Morgan fingerprint density at radius 3 is 2.70 bits per heavy atom. The van der Waals surface area contributed by atoms with Crippen molar-refractivity contribution in [1.82, 2.24) is 4.90 Å². The van der Waals surface area contributed by atoms with Gasteiger partial charge in [0.1, 0.15) is 5.72 Å². The predicted octanol–water partition coefficient (Wildman–Crippen LogP) is 3.35. The molecule has 0 amide bonds. The average Bonchev–Trinajstić information content (AvgIpc) is 2.94. The summed E-state index contributed by atoms with van der Waals surface area (Å²) in [6.45, 7) is 9.23. The van der Waals surface area contributed by atoms with Gasteiger partial charge >= 0.3 is 0 Å². The zero-order valence-corrected chi connectivity index (χ0v) is 13.1. The molecular weight excluding hydrogens is 250 g/mol. The molecule has 0 aromatic carbocycles. The zero-order chi connectivity index (χ0) is 14.0. The van der Waals surface area contributed by atoms with Crippen LogP contribution in [0.15, 0.2) is 11.1 Å². The number of rotatable bonds is 7. The molecule has 2 fully saturated rings. The van der Waals surface area contributed by atoms with Crippen LogP contribution < -0.4 is 0 Å². The molecule has 2 heterocycles. The van der Waals surface area contributed by atoms with Crippen molar-refractivity contribution in [1.29, 1.82) is 0 Å². The van der Waals surface area contributed by atoms with Gasteiger partial charge < -0.3 is 9.47 Å². The summed E-state index contributed by atoms with van der Waals surface area (Å²) in [5.74, 6) is 0.843. The minimum atomic E-state index is -0.0953. The number of nitrogens with zero attached hydrogens (tertiary/aromatic N) is 1. The van der Waals surface area contributed by atoms with Crippen molar-refractivity contribution < 1.29 is 9.47 Å². The van der Waals surface area contributed by atoms with Crippen LogP contribution in [0, 0.1) is 5.92 Å². The largest absolute Gasteiger partial charge is 0.376 e. The van der Waals surface area contributed by atoms with Crippen molar-refractivity contribution in [2.45, 2.75) is 58.1 Å². The average molecular weight is 279 g/mol. The minimum absolute atomic E-state index is 0.0953. The van der Waals surface area contributed by atoms with Crippen molar-refractivity contribution in [3.05, 3.63) is 11.1 Å². The van der Waals surface area contributed by atoms with Crippen LogP contribution in [-0.2, 0) is 9.47 Å². The molecule has 114 valence electrons. The van der Waals surface area contributed by atoms with Crippen LogP contribution in [0.4, 0.5) is 0 Å². The van der Waals surface area contributed by atoms with Crippen LogP contribution in [0.3, 0.4) is 0 Å². The fourth-order valence-electron chi connectivity index (χ4n) is 4.08. The molecule has 0 saturated carbocycles. The van der Waals surface area contributed by atoms with Gasteiger partial charge in [0.05, 0.1) is 19.8 Å². The maximum atomic E-state index is 6.09. The quantitative estimate of drug-likeness (QED) is 0.667. The van der Waals surface area contributed by atoms with Gasteiger partial charge in [-0.15, -0.1) is 0 Å². The summed E-state index contributed by atoms with van der Waals surface area (Å²) in [6.07, 6.45) is 7.61. The molecule has 3 aliphatic rings. The normalized spacial score (nSPS) is 33.6.